The van der Waals surface area contributed by atoms with Gasteiger partial charge < -0.3 is 10.1 Å². The van der Waals surface area contributed by atoms with Crippen molar-refractivity contribution in [2.45, 2.75) is 12.6 Å². The number of nitrogens with one attached hydrogen (secondary N) is 1. The number of hydrogen-bond donors (Lipinski definition) is 1. The van der Waals surface area contributed by atoms with Crippen molar-refractivity contribution in [2.24, 2.45) is 0 Å². The highest BCUT2D eigenvalue weighted by Crippen LogP contribution is 2.29. The molecule has 0 saturated heterocycles. The normalized spacial score (nSPS) is 12.4. The van der Waals surface area contributed by atoms with Crippen LogP contribution in [0.4, 0.5) is 18.9 Å². The van der Waals surface area contributed by atoms with Crippen LogP contribution in [0, 0.1) is 0 Å². The minimum Gasteiger partial charge on any atom is -0.385 e. The van der Waals surface area contributed by atoms with Crippen molar-refractivity contribution in [3.63, 3.8) is 0 Å². The van der Waals surface area contributed by atoms with Gasteiger partial charge in [0.25, 0.3) is 0 Å². The van der Waals surface area contributed by atoms with Crippen LogP contribution >= 0.6 is 0 Å². The van der Waals surface area contributed by atoms with Gasteiger partial charge >= 0.3 is 6.18 Å². The third-order valence-electron chi connectivity index (χ3n) is 3.04. The van der Waals surface area contributed by atoms with Gasteiger partial charge in [-0.3, -0.25) is 4.79 Å². The molecular weight excluding hydrogens is 349 g/mol. The number of alkyl halides is 3. The summed E-state index contributed by atoms with van der Waals surface area (Å²) in [7, 11) is -2.12. The van der Waals surface area contributed by atoms with E-state index in [0.29, 0.717) is 13.0 Å². The van der Waals surface area contributed by atoms with Crippen LogP contribution in [0.2, 0.25) is 0 Å². The summed E-state index contributed by atoms with van der Waals surface area (Å²) in [6, 6.07) is 3.89. The van der Waals surface area contributed by atoms with Crippen molar-refractivity contribution in [3.8, 4) is 0 Å². The highest BCUT2D eigenvalue weighted by atomic mass is 32.2. The summed E-state index contributed by atoms with van der Waals surface area (Å²) >= 11 is 0. The second-order valence-corrected chi connectivity index (χ2v) is 7.05. The number of nitrogens with zero attached hydrogens (tertiary/aromatic N) is 1. The summed E-state index contributed by atoms with van der Waals surface area (Å²) < 4.78 is 66.5. The van der Waals surface area contributed by atoms with Crippen LogP contribution in [0.15, 0.2) is 24.3 Å². The van der Waals surface area contributed by atoms with Gasteiger partial charge in [-0.1, -0.05) is 0 Å². The van der Waals surface area contributed by atoms with Crippen molar-refractivity contribution >= 4 is 21.6 Å². The molecule has 10 heteroatoms. The molecule has 0 atom stereocenters. The minimum absolute atomic E-state index is 0.104. The fourth-order valence-electron chi connectivity index (χ4n) is 1.85. The number of carbonyl (C=O) groups is 1. The highest BCUT2D eigenvalue weighted by Gasteiger charge is 2.30. The number of rotatable bonds is 8. The smallest absolute Gasteiger partial charge is 0.385 e. The monoisotopic (exact) mass is 368 g/mol. The zero-order valence-electron chi connectivity index (χ0n) is 13.3. The fourth-order valence-corrected chi connectivity index (χ4v) is 2.66. The van der Waals surface area contributed by atoms with Gasteiger partial charge in [0, 0.05) is 25.9 Å². The molecule has 0 saturated carbocycles. The van der Waals surface area contributed by atoms with Crippen LogP contribution < -0.4 is 5.32 Å². The molecule has 1 amide bonds. The van der Waals surface area contributed by atoms with E-state index in [-0.39, 0.29) is 12.2 Å². The van der Waals surface area contributed by atoms with Gasteiger partial charge in [-0.15, -0.1) is 0 Å². The zero-order chi connectivity index (χ0) is 18.4. The number of methoxy groups -OCH3 is 1. The van der Waals surface area contributed by atoms with Gasteiger partial charge in [-0.05, 0) is 30.7 Å². The van der Waals surface area contributed by atoms with Gasteiger partial charge in [0.2, 0.25) is 15.9 Å². The number of benzene rings is 1. The zero-order valence-corrected chi connectivity index (χ0v) is 14.1. The summed E-state index contributed by atoms with van der Waals surface area (Å²) in [5.41, 5.74) is -0.684. The highest BCUT2D eigenvalue weighted by molar-refractivity contribution is 7.88. The Balaban J connectivity index is 2.68. The maximum Gasteiger partial charge on any atom is 0.416 e. The number of carbonyl (C=O) groups excluding carboxylic acids is 1. The largest absolute Gasteiger partial charge is 0.416 e. The van der Waals surface area contributed by atoms with E-state index in [1.54, 1.807) is 0 Å². The summed E-state index contributed by atoms with van der Waals surface area (Å²) in [4.78, 5) is 11.9. The molecule has 0 aliphatic heterocycles. The first-order valence-electron chi connectivity index (χ1n) is 6.95. The molecule has 0 unspecified atom stereocenters. The first-order valence-corrected chi connectivity index (χ1v) is 8.80. The lowest BCUT2D eigenvalue weighted by atomic mass is 10.2. The standard InChI is InChI=1S/C14H19F3N2O4S/c1-23-9-3-8-19(24(2,21)22)10-13(20)18-12-6-4-11(5-7-12)14(15,16)17/h4-7H,3,8-10H2,1-2H3,(H,18,20). The fraction of sp³-hybridized carbons (Fsp3) is 0.500. The molecule has 0 aliphatic rings. The predicted molar refractivity (Wildman–Crippen MR) is 83.0 cm³/mol. The first kappa shape index (κ1) is 20.4. The molecule has 0 bridgehead atoms. The molecule has 0 heterocycles. The SMILES string of the molecule is COCCCN(CC(=O)Nc1ccc(C(F)(F)F)cc1)S(C)(=O)=O. The van der Waals surface area contributed by atoms with E-state index in [4.69, 9.17) is 4.74 Å². The van der Waals surface area contributed by atoms with Crippen molar-refractivity contribution < 1.29 is 31.1 Å². The Morgan fingerprint density at radius 2 is 1.83 bits per heavy atom. The van der Waals surface area contributed by atoms with Crippen LogP contribution in [0.25, 0.3) is 0 Å². The van der Waals surface area contributed by atoms with Crippen molar-refractivity contribution in [1.29, 1.82) is 0 Å². The first-order chi connectivity index (χ1) is 11.0. The molecule has 0 spiro atoms. The third-order valence-corrected chi connectivity index (χ3v) is 4.29. The Hall–Kier alpha value is -1.65. The number of ether oxygens (including phenoxy) is 1. The molecule has 136 valence electrons. The van der Waals surface area contributed by atoms with Gasteiger partial charge in [-0.2, -0.15) is 17.5 Å². The minimum atomic E-state index is -4.46. The average molecular weight is 368 g/mol. The van der Waals surface area contributed by atoms with Crippen LogP contribution in [0.1, 0.15) is 12.0 Å². The summed E-state index contributed by atoms with van der Waals surface area (Å²) in [5.74, 6) is -0.641. The molecule has 1 N–H and O–H groups in total. The molecule has 0 aromatic heterocycles. The lowest BCUT2D eigenvalue weighted by Gasteiger charge is -2.19. The number of anilines is 1. The van der Waals surface area contributed by atoms with E-state index in [1.807, 2.05) is 0 Å². The van der Waals surface area contributed by atoms with Crippen molar-refractivity contribution in [1.82, 2.24) is 4.31 Å². The lowest BCUT2D eigenvalue weighted by Crippen LogP contribution is -2.38. The maximum atomic E-state index is 12.5. The molecule has 0 radical (unpaired) electrons. The maximum absolute atomic E-state index is 12.5. The Kier molecular flexibility index (Phi) is 7.18. The van der Waals surface area contributed by atoms with E-state index in [9.17, 15) is 26.4 Å². The van der Waals surface area contributed by atoms with Crippen LogP contribution in [0.3, 0.4) is 0 Å². The number of amides is 1. The average Bonchev–Trinajstić information content (AvgIpc) is 2.45. The molecule has 1 aromatic carbocycles. The van der Waals surface area contributed by atoms with E-state index in [1.165, 1.54) is 7.11 Å². The van der Waals surface area contributed by atoms with Gasteiger partial charge in [0.05, 0.1) is 18.4 Å². The second-order valence-electron chi connectivity index (χ2n) is 5.07. The van der Waals surface area contributed by atoms with E-state index < -0.39 is 34.2 Å². The van der Waals surface area contributed by atoms with Crippen molar-refractivity contribution in [2.75, 3.05) is 38.4 Å². The van der Waals surface area contributed by atoms with Crippen LogP contribution in [-0.4, -0.2) is 51.7 Å². The second kappa shape index (κ2) is 8.45. The summed E-state index contributed by atoms with van der Waals surface area (Å²) in [6.07, 6.45) is -3.07. The lowest BCUT2D eigenvalue weighted by molar-refractivity contribution is -0.137. The number of halogens is 3. The van der Waals surface area contributed by atoms with E-state index in [2.05, 4.69) is 5.32 Å². The molecule has 1 aromatic rings. The van der Waals surface area contributed by atoms with Gasteiger partial charge in [0.1, 0.15) is 0 Å². The predicted octanol–water partition coefficient (Wildman–Crippen LogP) is 1.94. The topological polar surface area (TPSA) is 75.7 Å². The Morgan fingerprint density at radius 1 is 1.25 bits per heavy atom. The number of hydrogen-bond acceptors (Lipinski definition) is 4. The molecule has 0 fully saturated rings. The van der Waals surface area contributed by atoms with Crippen LogP contribution in [0.5, 0.6) is 0 Å². The Bertz CT molecular complexity index is 645. The quantitative estimate of drug-likeness (QED) is 0.712. The van der Waals surface area contributed by atoms with Gasteiger partial charge in [0.15, 0.2) is 0 Å². The third kappa shape index (κ3) is 6.85. The van der Waals surface area contributed by atoms with E-state index >= 15 is 0 Å². The molecule has 1 rings (SSSR count). The van der Waals surface area contributed by atoms with E-state index in [0.717, 1.165) is 34.8 Å². The Labute approximate surface area is 138 Å². The molecule has 6 nitrogen and oxygen atoms in total. The Morgan fingerprint density at radius 3 is 2.29 bits per heavy atom. The molecule has 0 aliphatic carbocycles. The molecule has 24 heavy (non-hydrogen) atoms. The van der Waals surface area contributed by atoms with Crippen LogP contribution in [-0.2, 0) is 25.7 Å². The summed E-state index contributed by atoms with van der Waals surface area (Å²) in [5, 5.41) is 2.37. The number of sulfonamides is 1. The molecular formula is C14H19F3N2O4S. The summed E-state index contributed by atoms with van der Waals surface area (Å²) in [6.45, 7) is 0.0171. The van der Waals surface area contributed by atoms with Gasteiger partial charge in [-0.25, -0.2) is 8.42 Å². The van der Waals surface area contributed by atoms with Crippen molar-refractivity contribution in [3.05, 3.63) is 29.8 Å².